The molecule has 0 saturated heterocycles. The van der Waals surface area contributed by atoms with Crippen LogP contribution >= 0.6 is 0 Å². The molecular weight excluding hydrogens is 175 g/mol. The second-order valence-corrected chi connectivity index (χ2v) is 1.43. The van der Waals surface area contributed by atoms with Gasteiger partial charge < -0.3 is 10.8 Å². The molecule has 70 valence electrons. The number of aliphatic carboxylic acids is 1. The van der Waals surface area contributed by atoms with E-state index in [1.807, 2.05) is 0 Å². The van der Waals surface area contributed by atoms with E-state index in [-0.39, 0.29) is 0 Å². The Morgan fingerprint density at radius 1 is 1.58 bits per heavy atom. The van der Waals surface area contributed by atoms with Gasteiger partial charge in [-0.3, -0.25) is 0 Å². The van der Waals surface area contributed by atoms with Crippen molar-refractivity contribution < 1.29 is 23.1 Å². The molecule has 0 unspecified atom stereocenters. The van der Waals surface area contributed by atoms with Crippen molar-refractivity contribution in [3.05, 3.63) is 0 Å². The highest BCUT2D eigenvalue weighted by molar-refractivity contribution is 5.73. The number of hydrogen-bond donors (Lipinski definition) is 2. The van der Waals surface area contributed by atoms with Crippen molar-refractivity contribution >= 4 is 5.97 Å². The van der Waals surface area contributed by atoms with Crippen LogP contribution in [-0.2, 0) is 4.79 Å². The van der Waals surface area contributed by atoms with E-state index < -0.39 is 12.1 Å². The summed E-state index contributed by atoms with van der Waals surface area (Å²) in [7, 11) is 0. The van der Waals surface area contributed by atoms with Crippen LogP contribution in [0.1, 0.15) is 6.92 Å². The van der Waals surface area contributed by atoms with E-state index in [0.29, 0.717) is 6.54 Å². The lowest BCUT2D eigenvalue weighted by atomic mass is 10.6. The minimum absolute atomic E-state index is 0.483. The first kappa shape index (κ1) is 13.4. The van der Waals surface area contributed by atoms with Crippen LogP contribution in [-0.4, -0.2) is 23.8 Å². The average molecular weight is 183 g/mol. The molecule has 0 spiro atoms. The van der Waals surface area contributed by atoms with Gasteiger partial charge in [-0.2, -0.15) is 13.2 Å². The van der Waals surface area contributed by atoms with Crippen molar-refractivity contribution in [3.63, 3.8) is 0 Å². The Hall–Kier alpha value is -1.22. The highest BCUT2D eigenvalue weighted by Gasteiger charge is 2.38. The van der Waals surface area contributed by atoms with E-state index in [1.165, 1.54) is 0 Å². The maximum Gasteiger partial charge on any atom is 0.490 e. The van der Waals surface area contributed by atoms with Crippen molar-refractivity contribution in [1.29, 1.82) is 0 Å². The van der Waals surface area contributed by atoms with Crippen LogP contribution in [0.2, 0.25) is 0 Å². The van der Waals surface area contributed by atoms with Crippen molar-refractivity contribution in [2.24, 2.45) is 5.73 Å². The molecule has 0 aromatic heterocycles. The van der Waals surface area contributed by atoms with Crippen molar-refractivity contribution in [1.82, 2.24) is 0 Å². The predicted molar refractivity (Wildman–Crippen MR) is 36.2 cm³/mol. The minimum atomic E-state index is -5.08. The molecule has 0 aromatic rings. The van der Waals surface area contributed by atoms with Gasteiger partial charge >= 0.3 is 12.1 Å². The van der Waals surface area contributed by atoms with Crippen molar-refractivity contribution in [3.8, 4) is 11.8 Å². The Balaban J connectivity index is 0. The van der Waals surface area contributed by atoms with E-state index in [9.17, 15) is 13.2 Å². The normalized spacial score (nSPS) is 8.75. The highest BCUT2D eigenvalue weighted by Crippen LogP contribution is 2.13. The number of nitrogens with two attached hydrogens (primary N) is 1. The van der Waals surface area contributed by atoms with Gasteiger partial charge in [0.1, 0.15) is 0 Å². The third-order valence-electron chi connectivity index (χ3n) is 0.521. The van der Waals surface area contributed by atoms with E-state index in [4.69, 9.17) is 15.6 Å². The van der Waals surface area contributed by atoms with Gasteiger partial charge in [-0.15, -0.1) is 5.92 Å². The first-order chi connectivity index (χ1) is 5.36. The third kappa shape index (κ3) is 11.6. The molecule has 0 fully saturated rings. The van der Waals surface area contributed by atoms with Crippen LogP contribution in [0.25, 0.3) is 0 Å². The SMILES string of the molecule is CC#CCN.O=C(O)C(F)(F)F. The maximum absolute atomic E-state index is 10.6. The Labute approximate surface area is 67.4 Å². The highest BCUT2D eigenvalue weighted by atomic mass is 19.4. The fourth-order valence-electron chi connectivity index (χ4n) is 0.102. The lowest BCUT2D eigenvalue weighted by Crippen LogP contribution is -2.21. The molecule has 0 bridgehead atoms. The summed E-state index contributed by atoms with van der Waals surface area (Å²) in [5, 5.41) is 7.12. The summed E-state index contributed by atoms with van der Waals surface area (Å²) in [4.78, 5) is 8.90. The topological polar surface area (TPSA) is 63.3 Å². The lowest BCUT2D eigenvalue weighted by molar-refractivity contribution is -0.192. The van der Waals surface area contributed by atoms with Crippen LogP contribution in [0.4, 0.5) is 13.2 Å². The molecule has 0 rings (SSSR count). The van der Waals surface area contributed by atoms with Crippen molar-refractivity contribution in [2.75, 3.05) is 6.54 Å². The summed E-state index contributed by atoms with van der Waals surface area (Å²) in [6.45, 7) is 2.25. The van der Waals surface area contributed by atoms with Gasteiger partial charge in [0.05, 0.1) is 6.54 Å². The number of rotatable bonds is 0. The molecule has 0 heterocycles. The second kappa shape index (κ2) is 6.49. The van der Waals surface area contributed by atoms with Gasteiger partial charge in [0.25, 0.3) is 0 Å². The fraction of sp³-hybridized carbons (Fsp3) is 0.500. The first-order valence-electron chi connectivity index (χ1n) is 2.76. The molecule has 0 aliphatic rings. The third-order valence-corrected chi connectivity index (χ3v) is 0.521. The Morgan fingerprint density at radius 3 is 1.92 bits per heavy atom. The molecule has 0 saturated carbocycles. The standard InChI is InChI=1S/C4H7N.C2HF3O2/c1-2-3-4-5;3-2(4,5)1(6)7/h4-5H2,1H3;(H,6,7). The molecule has 3 N–H and O–H groups in total. The smallest absolute Gasteiger partial charge is 0.475 e. The van der Waals surface area contributed by atoms with E-state index in [1.54, 1.807) is 6.92 Å². The van der Waals surface area contributed by atoms with Crippen LogP contribution in [0.5, 0.6) is 0 Å². The second-order valence-electron chi connectivity index (χ2n) is 1.43. The molecule has 0 aromatic carbocycles. The van der Waals surface area contributed by atoms with Crippen LogP contribution in [0, 0.1) is 11.8 Å². The van der Waals surface area contributed by atoms with Gasteiger partial charge in [0, 0.05) is 0 Å². The van der Waals surface area contributed by atoms with Gasteiger partial charge in [-0.25, -0.2) is 4.79 Å². The Bertz CT molecular complexity index is 189. The number of alkyl halides is 3. The van der Waals surface area contributed by atoms with Crippen LogP contribution < -0.4 is 5.73 Å². The van der Waals surface area contributed by atoms with E-state index in [2.05, 4.69) is 11.8 Å². The average Bonchev–Trinajstić information content (AvgIpc) is 1.88. The molecule has 0 amide bonds. The number of halogens is 3. The predicted octanol–water partition coefficient (Wildman–Crippen LogP) is 0.602. The summed E-state index contributed by atoms with van der Waals surface area (Å²) in [6, 6.07) is 0. The molecule has 6 heteroatoms. The lowest BCUT2D eigenvalue weighted by Gasteiger charge is -1.93. The maximum atomic E-state index is 10.6. The van der Waals surface area contributed by atoms with Gasteiger partial charge in [0.2, 0.25) is 0 Å². The largest absolute Gasteiger partial charge is 0.490 e. The molecule has 0 radical (unpaired) electrons. The summed E-state index contributed by atoms with van der Waals surface area (Å²) in [5.41, 5.74) is 4.97. The molecule has 0 aliphatic heterocycles. The van der Waals surface area contributed by atoms with Crippen molar-refractivity contribution in [2.45, 2.75) is 13.1 Å². The fourth-order valence-corrected chi connectivity index (χ4v) is 0.102. The monoisotopic (exact) mass is 183 g/mol. The zero-order valence-electron chi connectivity index (χ0n) is 6.27. The molecule has 3 nitrogen and oxygen atoms in total. The number of carbonyl (C=O) groups is 1. The summed E-state index contributed by atoms with van der Waals surface area (Å²) >= 11 is 0. The Kier molecular flexibility index (Phi) is 7.23. The summed E-state index contributed by atoms with van der Waals surface area (Å²) < 4.78 is 31.7. The zero-order valence-corrected chi connectivity index (χ0v) is 6.27. The molecule has 0 atom stereocenters. The minimum Gasteiger partial charge on any atom is -0.475 e. The number of carboxylic acid groups (broad SMARTS) is 1. The Morgan fingerprint density at radius 2 is 1.92 bits per heavy atom. The quantitative estimate of drug-likeness (QED) is 0.540. The zero-order chi connectivity index (χ0) is 10.2. The summed E-state index contributed by atoms with van der Waals surface area (Å²) in [5.74, 6) is 2.52. The summed E-state index contributed by atoms with van der Waals surface area (Å²) in [6.07, 6.45) is -5.08. The van der Waals surface area contributed by atoms with Gasteiger partial charge in [-0.1, -0.05) is 5.92 Å². The van der Waals surface area contributed by atoms with E-state index >= 15 is 0 Å². The molecule has 12 heavy (non-hydrogen) atoms. The van der Waals surface area contributed by atoms with Gasteiger partial charge in [0.15, 0.2) is 0 Å². The van der Waals surface area contributed by atoms with Crippen LogP contribution in [0.15, 0.2) is 0 Å². The van der Waals surface area contributed by atoms with E-state index in [0.717, 1.165) is 0 Å². The van der Waals surface area contributed by atoms with Gasteiger partial charge in [-0.05, 0) is 6.92 Å². The number of hydrogen-bond acceptors (Lipinski definition) is 2. The number of carboxylic acids is 1. The molecular formula is C6H8F3NO2. The molecule has 0 aliphatic carbocycles. The van der Waals surface area contributed by atoms with Crippen LogP contribution in [0.3, 0.4) is 0 Å². The first-order valence-corrected chi connectivity index (χ1v) is 2.76.